The summed E-state index contributed by atoms with van der Waals surface area (Å²) in [6.45, 7) is 4.93. The average Bonchev–Trinajstić information content (AvgIpc) is 3.16. The normalized spacial score (nSPS) is 13.1. The fourth-order valence-electron chi connectivity index (χ4n) is 6.55. The Balaban J connectivity index is 0. The highest BCUT2D eigenvalue weighted by atomic mass is 35.5. The Hall–Kier alpha value is -1.21. The van der Waals surface area contributed by atoms with Crippen LogP contribution in [0.4, 0.5) is 0 Å². The van der Waals surface area contributed by atoms with Crippen molar-refractivity contribution >= 4 is 19.8 Å². The molecule has 0 bridgehead atoms. The molecule has 0 radical (unpaired) electrons. The van der Waals surface area contributed by atoms with Gasteiger partial charge in [0.1, 0.15) is 6.61 Å². The summed E-state index contributed by atoms with van der Waals surface area (Å²) in [5.74, 6) is -0.761. The van der Waals surface area contributed by atoms with E-state index in [-0.39, 0.29) is 57.6 Å². The maximum absolute atomic E-state index is 13.5. The molecule has 12 heteroatoms. The predicted octanol–water partition coefficient (Wildman–Crippen LogP) is 9.97. The molecule has 0 aromatic carbocycles. The number of quaternary nitrogens is 1. The van der Waals surface area contributed by atoms with Crippen LogP contribution in [0, 0.1) is 11.3 Å². The Morgan fingerprint density at radius 1 is 0.544 bits per heavy atom. The molecule has 0 aromatic heterocycles. The molecule has 0 rings (SSSR count). The first-order valence-electron chi connectivity index (χ1n) is 23.1. The second kappa shape index (κ2) is 41.5. The van der Waals surface area contributed by atoms with Crippen LogP contribution in [0.15, 0.2) is 0 Å². The minimum Gasteiger partial charge on any atom is -1.00 e. The summed E-state index contributed by atoms with van der Waals surface area (Å²) in [6, 6.07) is 1.97. The van der Waals surface area contributed by atoms with Crippen molar-refractivity contribution < 1.29 is 54.1 Å². The van der Waals surface area contributed by atoms with Crippen LogP contribution >= 0.6 is 7.82 Å². The number of halogens is 1. The largest absolute Gasteiger partial charge is 1.00 e. The molecule has 338 valence electrons. The Labute approximate surface area is 357 Å². The average molecular weight is 852 g/mol. The molecule has 0 spiro atoms. The zero-order valence-electron chi connectivity index (χ0n) is 37.5. The third kappa shape index (κ3) is 42.7. The van der Waals surface area contributed by atoms with E-state index in [4.69, 9.17) is 28.3 Å². The van der Waals surface area contributed by atoms with Crippen molar-refractivity contribution in [1.82, 2.24) is 0 Å². The second-order valence-corrected chi connectivity index (χ2v) is 18.5. The monoisotopic (exact) mass is 851 g/mol. The molecular formula is C45H88ClN2O8P. The van der Waals surface area contributed by atoms with Crippen molar-refractivity contribution in [3.8, 4) is 6.07 Å². The molecule has 2 unspecified atom stereocenters. The Morgan fingerprint density at radius 3 is 1.37 bits per heavy atom. The molecule has 0 aliphatic rings. The van der Waals surface area contributed by atoms with Crippen LogP contribution in [0.2, 0.25) is 0 Å². The lowest BCUT2D eigenvalue weighted by Gasteiger charge is -2.24. The number of esters is 2. The van der Waals surface area contributed by atoms with E-state index in [1.54, 1.807) is 0 Å². The van der Waals surface area contributed by atoms with Gasteiger partial charge in [0.25, 0.3) is 0 Å². The molecule has 0 aromatic rings. The SMILES string of the molecule is CCCCCCCCCCCCCCCC(=O)OCC(COP(=O)(OCCC#N)OCCCC[N+](C)(C)C)OC(=O)CCCCCCCCCCCCCCC.[Cl-]. The highest BCUT2D eigenvalue weighted by molar-refractivity contribution is 7.48. The fraction of sp³-hybridized carbons (Fsp3) is 0.933. The third-order valence-electron chi connectivity index (χ3n) is 10.1. The number of carbonyl (C=O) groups excluding carboxylic acids is 2. The molecular weight excluding hydrogens is 763 g/mol. The number of nitrogens with zero attached hydrogens (tertiary/aromatic N) is 2. The van der Waals surface area contributed by atoms with Gasteiger partial charge in [0.15, 0.2) is 6.10 Å². The molecule has 0 amide bonds. The van der Waals surface area contributed by atoms with Crippen LogP contribution in [0.5, 0.6) is 0 Å². The smallest absolute Gasteiger partial charge is 0.474 e. The van der Waals surface area contributed by atoms with Crippen LogP contribution in [0.1, 0.15) is 213 Å². The van der Waals surface area contributed by atoms with E-state index >= 15 is 0 Å². The molecule has 10 nitrogen and oxygen atoms in total. The highest BCUT2D eigenvalue weighted by Crippen LogP contribution is 2.50. The van der Waals surface area contributed by atoms with E-state index in [2.05, 4.69) is 35.0 Å². The van der Waals surface area contributed by atoms with Crippen molar-refractivity contribution in [2.24, 2.45) is 0 Å². The molecule has 0 aliphatic heterocycles. The molecule has 0 saturated heterocycles. The molecule has 57 heavy (non-hydrogen) atoms. The van der Waals surface area contributed by atoms with Gasteiger partial charge >= 0.3 is 19.8 Å². The van der Waals surface area contributed by atoms with Crippen LogP contribution in [-0.4, -0.2) is 76.6 Å². The summed E-state index contributed by atoms with van der Waals surface area (Å²) < 4.78 is 42.2. The van der Waals surface area contributed by atoms with Gasteiger partial charge in [0, 0.05) is 12.8 Å². The number of hydrogen-bond acceptors (Lipinski definition) is 9. The lowest BCUT2D eigenvalue weighted by molar-refractivity contribution is -0.870. The lowest BCUT2D eigenvalue weighted by atomic mass is 10.0. The van der Waals surface area contributed by atoms with E-state index in [1.165, 1.54) is 128 Å². The van der Waals surface area contributed by atoms with Crippen molar-refractivity contribution in [3.63, 3.8) is 0 Å². The first kappa shape index (κ1) is 57.9. The maximum Gasteiger partial charge on any atom is 0.474 e. The van der Waals surface area contributed by atoms with Gasteiger partial charge in [0.05, 0.1) is 60.0 Å². The van der Waals surface area contributed by atoms with E-state index in [0.29, 0.717) is 12.8 Å². The van der Waals surface area contributed by atoms with Crippen LogP contribution < -0.4 is 12.4 Å². The van der Waals surface area contributed by atoms with E-state index in [0.717, 1.165) is 56.0 Å². The van der Waals surface area contributed by atoms with Gasteiger partial charge in [0.2, 0.25) is 0 Å². The van der Waals surface area contributed by atoms with E-state index in [1.807, 2.05) is 6.07 Å². The molecule has 0 aliphatic carbocycles. The van der Waals surface area contributed by atoms with Crippen molar-refractivity contribution in [2.75, 3.05) is 54.1 Å². The van der Waals surface area contributed by atoms with E-state index in [9.17, 15) is 14.2 Å². The number of rotatable bonds is 43. The number of unbranched alkanes of at least 4 members (excludes halogenated alkanes) is 25. The zero-order valence-corrected chi connectivity index (χ0v) is 39.2. The zero-order chi connectivity index (χ0) is 41.4. The number of nitriles is 1. The maximum atomic E-state index is 13.5. The van der Waals surface area contributed by atoms with Gasteiger partial charge in [-0.15, -0.1) is 0 Å². The van der Waals surface area contributed by atoms with Gasteiger partial charge in [-0.05, 0) is 25.7 Å². The number of ether oxygens (including phenoxy) is 2. The third-order valence-corrected chi connectivity index (χ3v) is 11.5. The first-order valence-corrected chi connectivity index (χ1v) is 24.6. The molecule has 0 N–H and O–H groups in total. The summed E-state index contributed by atoms with van der Waals surface area (Å²) in [5.41, 5.74) is 0. The predicted molar refractivity (Wildman–Crippen MR) is 229 cm³/mol. The van der Waals surface area contributed by atoms with Crippen LogP contribution in [0.25, 0.3) is 0 Å². The highest BCUT2D eigenvalue weighted by Gasteiger charge is 2.30. The summed E-state index contributed by atoms with van der Waals surface area (Å²) in [7, 11) is 2.25. The Bertz CT molecular complexity index is 1010. The number of phosphoric ester groups is 1. The fourth-order valence-corrected chi connectivity index (χ4v) is 7.79. The summed E-state index contributed by atoms with van der Waals surface area (Å²) in [4.78, 5) is 25.5. The molecule has 0 saturated carbocycles. The van der Waals surface area contributed by atoms with Gasteiger partial charge in [-0.2, -0.15) is 5.26 Å². The quantitative estimate of drug-likeness (QED) is 0.0256. The Morgan fingerprint density at radius 2 is 0.947 bits per heavy atom. The molecule has 0 fully saturated rings. The van der Waals surface area contributed by atoms with Crippen molar-refractivity contribution in [1.29, 1.82) is 5.26 Å². The van der Waals surface area contributed by atoms with Gasteiger partial charge in [-0.3, -0.25) is 23.2 Å². The molecule has 0 heterocycles. The summed E-state index contributed by atoms with van der Waals surface area (Å²) in [5, 5.41) is 8.98. The lowest BCUT2D eigenvalue weighted by Crippen LogP contribution is -3.00. The standard InChI is InChI=1S/C45H88N2O8P.ClH/c1-6-8-10-12-14-16-18-20-22-24-26-28-30-35-44(48)51-41-43(42-54-56(50,53-40-34-37-46)52-39-33-32-38-47(3,4)5)55-45(49)36-31-29-27-25-23-21-19-17-15-13-11-9-7-2;/h43H,6-36,38-42H2,1-5H3;1H/q+1;/p-1. The minimum atomic E-state index is -4.06. The first-order chi connectivity index (χ1) is 27.0. The topological polar surface area (TPSA) is 121 Å². The van der Waals surface area contributed by atoms with Gasteiger partial charge in [-0.25, -0.2) is 4.57 Å². The van der Waals surface area contributed by atoms with Crippen molar-refractivity contribution in [3.05, 3.63) is 0 Å². The Kier molecular flexibility index (Phi) is 42.2. The summed E-state index contributed by atoms with van der Waals surface area (Å²) >= 11 is 0. The number of hydrogen-bond donors (Lipinski definition) is 0. The van der Waals surface area contributed by atoms with Gasteiger partial charge < -0.3 is 26.4 Å². The minimum absolute atomic E-state index is 0. The summed E-state index contributed by atoms with van der Waals surface area (Å²) in [6.07, 6.45) is 32.8. The van der Waals surface area contributed by atoms with Crippen LogP contribution in [-0.2, 0) is 37.2 Å². The number of carbonyl (C=O) groups is 2. The van der Waals surface area contributed by atoms with E-state index < -0.39 is 19.9 Å². The molecule has 2 atom stereocenters. The van der Waals surface area contributed by atoms with Gasteiger partial charge in [-0.1, -0.05) is 168 Å². The second-order valence-electron chi connectivity index (χ2n) is 16.8. The number of phosphoric acid groups is 1. The van der Waals surface area contributed by atoms with Crippen LogP contribution in [0.3, 0.4) is 0 Å². The van der Waals surface area contributed by atoms with Crippen molar-refractivity contribution in [2.45, 2.75) is 219 Å².